The molecule has 0 aliphatic carbocycles. The number of aromatic nitrogens is 2. The molecule has 0 fully saturated rings. The molecule has 2 heterocycles. The standard InChI is InChI=1S/C28H23N3O3S/c1-34-22-14-12-21(13-15-22)26(20-10-6-3-7-11-20)30-24(32)16-31-18-29-27-25(28(31)33)23(17-35-27)19-8-4-2-5-9-19/h2-15,17-18,26H,16H2,1H3,(H,30,32)/t26-/m0/s1. The van der Waals surface area contributed by atoms with Crippen LogP contribution in [-0.4, -0.2) is 22.6 Å². The highest BCUT2D eigenvalue weighted by Gasteiger charge is 2.19. The molecule has 0 radical (unpaired) electrons. The van der Waals surface area contributed by atoms with Crippen LogP contribution in [-0.2, 0) is 11.3 Å². The molecule has 5 rings (SSSR count). The van der Waals surface area contributed by atoms with E-state index in [2.05, 4.69) is 10.3 Å². The van der Waals surface area contributed by atoms with E-state index in [1.807, 2.05) is 90.3 Å². The van der Waals surface area contributed by atoms with Crippen molar-refractivity contribution in [3.05, 3.63) is 118 Å². The molecule has 35 heavy (non-hydrogen) atoms. The Bertz CT molecular complexity index is 1510. The van der Waals surface area contributed by atoms with Crippen molar-refractivity contribution < 1.29 is 9.53 Å². The second-order valence-electron chi connectivity index (χ2n) is 8.06. The minimum absolute atomic E-state index is 0.134. The van der Waals surface area contributed by atoms with Gasteiger partial charge in [-0.25, -0.2) is 4.98 Å². The molecule has 0 aliphatic rings. The summed E-state index contributed by atoms with van der Waals surface area (Å²) in [6.07, 6.45) is 1.44. The molecule has 7 heteroatoms. The highest BCUT2D eigenvalue weighted by Crippen LogP contribution is 2.30. The second-order valence-corrected chi connectivity index (χ2v) is 8.92. The first-order chi connectivity index (χ1) is 17.1. The van der Waals surface area contributed by atoms with Gasteiger partial charge in [0.25, 0.3) is 5.56 Å². The van der Waals surface area contributed by atoms with Crippen LogP contribution in [0.25, 0.3) is 21.3 Å². The van der Waals surface area contributed by atoms with Crippen LogP contribution in [0.15, 0.2) is 101 Å². The van der Waals surface area contributed by atoms with Gasteiger partial charge in [0.15, 0.2) is 0 Å². The average molecular weight is 482 g/mol. The van der Waals surface area contributed by atoms with E-state index in [4.69, 9.17) is 4.74 Å². The summed E-state index contributed by atoms with van der Waals surface area (Å²) in [5.41, 5.74) is 3.40. The fourth-order valence-electron chi connectivity index (χ4n) is 4.07. The van der Waals surface area contributed by atoms with Gasteiger partial charge >= 0.3 is 0 Å². The first kappa shape index (κ1) is 22.6. The van der Waals surface area contributed by atoms with E-state index < -0.39 is 0 Å². The molecule has 0 saturated carbocycles. The summed E-state index contributed by atoms with van der Waals surface area (Å²) < 4.78 is 6.63. The lowest BCUT2D eigenvalue weighted by molar-refractivity contribution is -0.122. The van der Waals surface area contributed by atoms with Gasteiger partial charge in [0.1, 0.15) is 17.1 Å². The van der Waals surface area contributed by atoms with Crippen molar-refractivity contribution in [2.24, 2.45) is 0 Å². The van der Waals surface area contributed by atoms with Crippen LogP contribution in [0.4, 0.5) is 0 Å². The van der Waals surface area contributed by atoms with Gasteiger partial charge < -0.3 is 10.1 Å². The SMILES string of the molecule is COc1ccc([C@@H](NC(=O)Cn2cnc3scc(-c4ccccc4)c3c2=O)c2ccccc2)cc1. The molecule has 174 valence electrons. The molecule has 2 aromatic heterocycles. The van der Waals surface area contributed by atoms with Gasteiger partial charge in [0, 0.05) is 10.9 Å². The molecule has 0 saturated heterocycles. The molecular weight excluding hydrogens is 458 g/mol. The van der Waals surface area contributed by atoms with E-state index in [1.54, 1.807) is 7.11 Å². The first-order valence-electron chi connectivity index (χ1n) is 11.1. The van der Waals surface area contributed by atoms with E-state index in [0.29, 0.717) is 10.2 Å². The Morgan fingerprint density at radius 1 is 0.971 bits per heavy atom. The monoisotopic (exact) mass is 481 g/mol. The number of nitrogens with zero attached hydrogens (tertiary/aromatic N) is 2. The molecular formula is C28H23N3O3S. The van der Waals surface area contributed by atoms with E-state index in [0.717, 1.165) is 28.0 Å². The third-order valence-corrected chi connectivity index (χ3v) is 6.73. The third-order valence-electron chi connectivity index (χ3n) is 5.85. The second kappa shape index (κ2) is 9.95. The topological polar surface area (TPSA) is 73.2 Å². The van der Waals surface area contributed by atoms with Crippen LogP contribution in [0.5, 0.6) is 5.75 Å². The van der Waals surface area contributed by atoms with Crippen LogP contribution in [0.3, 0.4) is 0 Å². The number of rotatable bonds is 7. The van der Waals surface area contributed by atoms with Gasteiger partial charge in [-0.15, -0.1) is 11.3 Å². The average Bonchev–Trinajstić information content (AvgIpc) is 3.35. The summed E-state index contributed by atoms with van der Waals surface area (Å²) in [4.78, 5) is 31.6. The summed E-state index contributed by atoms with van der Waals surface area (Å²) in [5.74, 6) is 0.456. The summed E-state index contributed by atoms with van der Waals surface area (Å²) in [5, 5.41) is 5.56. The van der Waals surface area contributed by atoms with Crippen LogP contribution in [0.2, 0.25) is 0 Å². The van der Waals surface area contributed by atoms with Crippen LogP contribution in [0, 0.1) is 0 Å². The van der Waals surface area contributed by atoms with Crippen molar-refractivity contribution in [3.63, 3.8) is 0 Å². The molecule has 0 spiro atoms. The first-order valence-corrected chi connectivity index (χ1v) is 12.0. The van der Waals surface area contributed by atoms with Crippen molar-refractivity contribution in [2.45, 2.75) is 12.6 Å². The predicted octanol–water partition coefficient (Wildman–Crippen LogP) is 5.04. The number of benzene rings is 3. The molecule has 1 amide bonds. The lowest BCUT2D eigenvalue weighted by Crippen LogP contribution is -2.35. The van der Waals surface area contributed by atoms with Gasteiger partial charge in [0.05, 0.1) is 24.9 Å². The fraction of sp³-hybridized carbons (Fsp3) is 0.107. The summed E-state index contributed by atoms with van der Waals surface area (Å²) >= 11 is 1.42. The number of thiophene rings is 1. The zero-order valence-electron chi connectivity index (χ0n) is 19.0. The molecule has 3 aromatic carbocycles. The maximum atomic E-state index is 13.4. The van der Waals surface area contributed by atoms with E-state index in [9.17, 15) is 9.59 Å². The van der Waals surface area contributed by atoms with Crippen molar-refractivity contribution in [3.8, 4) is 16.9 Å². The van der Waals surface area contributed by atoms with Gasteiger partial charge in [0.2, 0.25) is 5.91 Å². The smallest absolute Gasteiger partial charge is 0.263 e. The summed E-state index contributed by atoms with van der Waals surface area (Å²) in [6.45, 7) is -0.134. The summed E-state index contributed by atoms with van der Waals surface area (Å²) in [7, 11) is 1.62. The Morgan fingerprint density at radius 2 is 1.63 bits per heavy atom. The minimum atomic E-state index is -0.372. The van der Waals surface area contributed by atoms with Gasteiger partial charge in [-0.2, -0.15) is 0 Å². The number of methoxy groups -OCH3 is 1. The molecule has 0 bridgehead atoms. The Kier molecular flexibility index (Phi) is 6.41. The number of fused-ring (bicyclic) bond motifs is 1. The lowest BCUT2D eigenvalue weighted by Gasteiger charge is -2.20. The Balaban J connectivity index is 1.44. The number of hydrogen-bond acceptors (Lipinski definition) is 5. The zero-order valence-corrected chi connectivity index (χ0v) is 19.9. The Labute approximate surface area is 206 Å². The van der Waals surface area contributed by atoms with Crippen molar-refractivity contribution in [1.29, 1.82) is 0 Å². The molecule has 1 atom stereocenters. The van der Waals surface area contributed by atoms with E-state index >= 15 is 0 Å². The lowest BCUT2D eigenvalue weighted by atomic mass is 9.98. The van der Waals surface area contributed by atoms with Crippen molar-refractivity contribution in [1.82, 2.24) is 14.9 Å². The number of carbonyl (C=O) groups excluding carboxylic acids is 1. The molecule has 0 unspecified atom stereocenters. The number of amides is 1. The molecule has 1 N–H and O–H groups in total. The highest BCUT2D eigenvalue weighted by atomic mass is 32.1. The molecule has 6 nitrogen and oxygen atoms in total. The van der Waals surface area contributed by atoms with Crippen LogP contribution in [0.1, 0.15) is 17.2 Å². The molecule has 0 aliphatic heterocycles. The largest absolute Gasteiger partial charge is 0.497 e. The number of ether oxygens (including phenoxy) is 1. The Hall–Kier alpha value is -4.23. The van der Waals surface area contributed by atoms with Crippen LogP contribution < -0.4 is 15.6 Å². The van der Waals surface area contributed by atoms with Gasteiger partial charge in [-0.3, -0.25) is 14.2 Å². The van der Waals surface area contributed by atoms with E-state index in [1.165, 1.54) is 22.2 Å². The number of carbonyl (C=O) groups is 1. The minimum Gasteiger partial charge on any atom is -0.497 e. The maximum Gasteiger partial charge on any atom is 0.263 e. The number of hydrogen-bond donors (Lipinski definition) is 1. The Morgan fingerprint density at radius 3 is 2.31 bits per heavy atom. The normalized spacial score (nSPS) is 11.8. The quantitative estimate of drug-likeness (QED) is 0.354. The van der Waals surface area contributed by atoms with Gasteiger partial charge in [-0.05, 0) is 28.8 Å². The third kappa shape index (κ3) is 4.72. The molecule has 5 aromatic rings. The maximum absolute atomic E-state index is 13.4. The van der Waals surface area contributed by atoms with E-state index in [-0.39, 0.29) is 24.1 Å². The van der Waals surface area contributed by atoms with Crippen molar-refractivity contribution in [2.75, 3.05) is 7.11 Å². The van der Waals surface area contributed by atoms with Crippen molar-refractivity contribution >= 4 is 27.5 Å². The predicted molar refractivity (Wildman–Crippen MR) is 139 cm³/mol. The number of nitrogens with one attached hydrogen (secondary N) is 1. The van der Waals surface area contributed by atoms with Crippen LogP contribution >= 0.6 is 11.3 Å². The highest BCUT2D eigenvalue weighted by molar-refractivity contribution is 7.17. The van der Waals surface area contributed by atoms with Gasteiger partial charge in [-0.1, -0.05) is 72.8 Å². The summed E-state index contributed by atoms with van der Waals surface area (Å²) in [6, 6.07) is 26.7. The fourth-order valence-corrected chi connectivity index (χ4v) is 4.98. The zero-order chi connectivity index (χ0) is 24.2.